The normalized spacial score (nSPS) is 10.5. The van der Waals surface area contributed by atoms with E-state index in [1.54, 1.807) is 12.2 Å². The number of nitrogens with zero attached hydrogens (tertiary/aromatic N) is 1. The largest absolute Gasteiger partial charge is 0.489 e. The van der Waals surface area contributed by atoms with Gasteiger partial charge in [0.15, 0.2) is 0 Å². The summed E-state index contributed by atoms with van der Waals surface area (Å²) in [5.41, 5.74) is -0.314. The maximum atomic E-state index is 12.9. The average Bonchev–Trinajstić information content (AvgIpc) is 2.17. The summed E-state index contributed by atoms with van der Waals surface area (Å²) in [5.74, 6) is -0.528. The lowest BCUT2D eigenvalue weighted by Crippen LogP contribution is -1.96. The molecule has 0 saturated heterocycles. The number of non-ortho nitro benzene ring substituents is 1. The predicted octanol–water partition coefficient (Wildman–Crippen LogP) is 2.69. The molecule has 0 spiro atoms. The first-order valence-electron chi connectivity index (χ1n) is 4.32. The summed E-state index contributed by atoms with van der Waals surface area (Å²) in [6.45, 7) is 2.08. The van der Waals surface area contributed by atoms with E-state index >= 15 is 0 Å². The Bertz CT molecular complexity index is 390. The van der Waals surface area contributed by atoms with E-state index in [4.69, 9.17) is 4.74 Å². The van der Waals surface area contributed by atoms with Crippen molar-refractivity contribution in [3.8, 4) is 5.75 Å². The van der Waals surface area contributed by atoms with E-state index in [9.17, 15) is 14.5 Å². The Morgan fingerprint density at radius 3 is 2.87 bits per heavy atom. The standard InChI is InChI=1S/C10H10FNO3/c1-2-3-4-15-10-6-8(11)5-9(7-10)12(13)14/h2-3,5-7H,4H2,1H3/b3-2+. The van der Waals surface area contributed by atoms with Crippen molar-refractivity contribution in [2.24, 2.45) is 0 Å². The average molecular weight is 211 g/mol. The second-order valence-electron chi connectivity index (χ2n) is 2.78. The van der Waals surface area contributed by atoms with E-state index in [-0.39, 0.29) is 18.0 Å². The Balaban J connectivity index is 2.84. The highest BCUT2D eigenvalue weighted by atomic mass is 19.1. The van der Waals surface area contributed by atoms with Crippen molar-refractivity contribution in [3.05, 3.63) is 46.3 Å². The first kappa shape index (κ1) is 11.2. The van der Waals surface area contributed by atoms with Crippen LogP contribution in [-0.4, -0.2) is 11.5 Å². The summed E-state index contributed by atoms with van der Waals surface area (Å²) in [4.78, 5) is 9.74. The van der Waals surface area contributed by atoms with Gasteiger partial charge in [-0.2, -0.15) is 0 Å². The highest BCUT2D eigenvalue weighted by molar-refractivity contribution is 5.38. The summed E-state index contributed by atoms with van der Waals surface area (Å²) in [6.07, 6.45) is 3.49. The third-order valence-corrected chi connectivity index (χ3v) is 1.65. The van der Waals surface area contributed by atoms with Gasteiger partial charge < -0.3 is 4.74 Å². The molecule has 80 valence electrons. The second-order valence-corrected chi connectivity index (χ2v) is 2.78. The number of rotatable bonds is 4. The van der Waals surface area contributed by atoms with Crippen LogP contribution >= 0.6 is 0 Å². The van der Waals surface area contributed by atoms with Crippen LogP contribution in [0, 0.1) is 15.9 Å². The number of hydrogen-bond donors (Lipinski definition) is 0. The molecule has 0 heterocycles. The number of ether oxygens (including phenoxy) is 1. The van der Waals surface area contributed by atoms with Crippen LogP contribution in [0.4, 0.5) is 10.1 Å². The monoisotopic (exact) mass is 211 g/mol. The van der Waals surface area contributed by atoms with Crippen LogP contribution in [0.2, 0.25) is 0 Å². The molecule has 0 fully saturated rings. The van der Waals surface area contributed by atoms with E-state index in [0.717, 1.165) is 12.1 Å². The van der Waals surface area contributed by atoms with Crippen molar-refractivity contribution in [1.82, 2.24) is 0 Å². The SMILES string of the molecule is C/C=C/COc1cc(F)cc([N+](=O)[O-])c1. The minimum Gasteiger partial charge on any atom is -0.489 e. The Kier molecular flexibility index (Phi) is 3.79. The Morgan fingerprint density at radius 1 is 1.53 bits per heavy atom. The Labute approximate surface area is 86.1 Å². The van der Waals surface area contributed by atoms with Gasteiger partial charge in [0.25, 0.3) is 5.69 Å². The molecular weight excluding hydrogens is 201 g/mol. The van der Waals surface area contributed by atoms with Crippen molar-refractivity contribution < 1.29 is 14.1 Å². The Hall–Kier alpha value is -1.91. The molecule has 0 aliphatic carbocycles. The van der Waals surface area contributed by atoms with E-state index < -0.39 is 10.7 Å². The van der Waals surface area contributed by atoms with Crippen molar-refractivity contribution in [2.45, 2.75) is 6.92 Å². The number of benzene rings is 1. The first-order valence-corrected chi connectivity index (χ1v) is 4.32. The molecular formula is C10H10FNO3. The molecule has 0 radical (unpaired) electrons. The van der Waals surface area contributed by atoms with E-state index in [1.807, 2.05) is 6.92 Å². The van der Waals surface area contributed by atoms with Gasteiger partial charge in [0.1, 0.15) is 18.2 Å². The third kappa shape index (κ3) is 3.38. The zero-order chi connectivity index (χ0) is 11.3. The molecule has 5 heteroatoms. The number of allylic oxidation sites excluding steroid dienone is 1. The lowest BCUT2D eigenvalue weighted by atomic mass is 10.3. The summed E-state index contributed by atoms with van der Waals surface area (Å²) in [7, 11) is 0. The van der Waals surface area contributed by atoms with Crippen LogP contribution in [0.5, 0.6) is 5.75 Å². The summed E-state index contributed by atoms with van der Waals surface area (Å²) in [6, 6.07) is 3.14. The van der Waals surface area contributed by atoms with Gasteiger partial charge in [-0.15, -0.1) is 0 Å². The number of hydrogen-bond acceptors (Lipinski definition) is 3. The molecule has 0 N–H and O–H groups in total. The zero-order valence-corrected chi connectivity index (χ0v) is 8.14. The molecule has 0 atom stereocenters. The molecule has 0 saturated carbocycles. The van der Waals surface area contributed by atoms with Crippen LogP contribution < -0.4 is 4.74 Å². The smallest absolute Gasteiger partial charge is 0.276 e. The van der Waals surface area contributed by atoms with Crippen molar-refractivity contribution >= 4 is 5.69 Å². The van der Waals surface area contributed by atoms with Crippen LogP contribution in [0.1, 0.15) is 6.92 Å². The molecule has 1 aromatic carbocycles. The Morgan fingerprint density at radius 2 is 2.27 bits per heavy atom. The van der Waals surface area contributed by atoms with E-state index in [1.165, 1.54) is 6.07 Å². The number of nitro benzene ring substituents is 1. The highest BCUT2D eigenvalue weighted by Crippen LogP contribution is 2.21. The topological polar surface area (TPSA) is 52.4 Å². The summed E-state index contributed by atoms with van der Waals surface area (Å²) < 4.78 is 18.0. The number of nitro groups is 1. The predicted molar refractivity (Wildman–Crippen MR) is 53.4 cm³/mol. The fourth-order valence-electron chi connectivity index (χ4n) is 0.977. The molecule has 0 amide bonds. The second kappa shape index (κ2) is 5.09. The van der Waals surface area contributed by atoms with E-state index in [2.05, 4.69) is 0 Å². The van der Waals surface area contributed by atoms with Gasteiger partial charge in [-0.05, 0) is 6.92 Å². The van der Waals surface area contributed by atoms with Crippen molar-refractivity contribution in [3.63, 3.8) is 0 Å². The molecule has 0 bridgehead atoms. The molecule has 1 aromatic rings. The molecule has 0 aliphatic rings. The lowest BCUT2D eigenvalue weighted by Gasteiger charge is -2.02. The minimum absolute atomic E-state index is 0.153. The van der Waals surface area contributed by atoms with Crippen molar-refractivity contribution in [2.75, 3.05) is 6.61 Å². The van der Waals surface area contributed by atoms with Gasteiger partial charge in [0, 0.05) is 6.07 Å². The number of halogens is 1. The fourth-order valence-corrected chi connectivity index (χ4v) is 0.977. The molecule has 1 rings (SSSR count). The minimum atomic E-state index is -0.681. The molecule has 0 unspecified atom stereocenters. The summed E-state index contributed by atoms with van der Waals surface area (Å²) >= 11 is 0. The lowest BCUT2D eigenvalue weighted by molar-refractivity contribution is -0.385. The highest BCUT2D eigenvalue weighted by Gasteiger charge is 2.09. The maximum absolute atomic E-state index is 12.9. The maximum Gasteiger partial charge on any atom is 0.276 e. The van der Waals surface area contributed by atoms with Crippen molar-refractivity contribution in [1.29, 1.82) is 0 Å². The fraction of sp³-hybridized carbons (Fsp3) is 0.200. The third-order valence-electron chi connectivity index (χ3n) is 1.65. The van der Waals surface area contributed by atoms with Crippen LogP contribution in [-0.2, 0) is 0 Å². The molecule has 15 heavy (non-hydrogen) atoms. The quantitative estimate of drug-likeness (QED) is 0.437. The van der Waals surface area contributed by atoms with Crippen LogP contribution in [0.15, 0.2) is 30.4 Å². The van der Waals surface area contributed by atoms with Gasteiger partial charge in [0.05, 0.1) is 17.1 Å². The van der Waals surface area contributed by atoms with Gasteiger partial charge >= 0.3 is 0 Å². The van der Waals surface area contributed by atoms with Gasteiger partial charge in [-0.25, -0.2) is 4.39 Å². The molecule has 0 aliphatic heterocycles. The molecule has 4 nitrogen and oxygen atoms in total. The first-order chi connectivity index (χ1) is 7.13. The van der Waals surface area contributed by atoms with Gasteiger partial charge in [-0.1, -0.05) is 12.2 Å². The van der Waals surface area contributed by atoms with Crippen LogP contribution in [0.3, 0.4) is 0 Å². The molecule has 0 aromatic heterocycles. The van der Waals surface area contributed by atoms with E-state index in [0.29, 0.717) is 0 Å². The zero-order valence-electron chi connectivity index (χ0n) is 8.14. The van der Waals surface area contributed by atoms with Crippen LogP contribution in [0.25, 0.3) is 0 Å². The van der Waals surface area contributed by atoms with Gasteiger partial charge in [0.2, 0.25) is 0 Å². The van der Waals surface area contributed by atoms with Gasteiger partial charge in [-0.3, -0.25) is 10.1 Å². The summed E-state index contributed by atoms with van der Waals surface area (Å²) in [5, 5.41) is 10.4.